The highest BCUT2D eigenvalue weighted by atomic mass is 32.2. The molecule has 0 aromatic heterocycles. The van der Waals surface area contributed by atoms with Gasteiger partial charge in [0.15, 0.2) is 11.5 Å². The average Bonchev–Trinajstić information content (AvgIpc) is 2.93. The molecule has 4 amide bonds. The maximum absolute atomic E-state index is 13.3. The van der Waals surface area contributed by atoms with Gasteiger partial charge in [0, 0.05) is 17.7 Å². The molecule has 216 valence electrons. The molecule has 13 heteroatoms. The van der Waals surface area contributed by atoms with Crippen molar-refractivity contribution in [1.82, 2.24) is 5.32 Å². The SMILES string of the molecule is C=CCc1cc(/C=C2\C(=O)NC(=O)N(c3ccc([N+](=O)[O-])cc3)C2=O)cc(OCC)c1OS(=O)(=O)c1ccc(C)cc1. The monoisotopic (exact) mass is 591 g/mol. The van der Waals surface area contributed by atoms with Crippen LogP contribution < -0.4 is 19.1 Å². The Morgan fingerprint density at radius 2 is 1.71 bits per heavy atom. The number of imide groups is 2. The van der Waals surface area contributed by atoms with Crippen LogP contribution in [0.5, 0.6) is 11.5 Å². The maximum Gasteiger partial charge on any atom is 0.339 e. The van der Waals surface area contributed by atoms with E-state index in [1.165, 1.54) is 48.6 Å². The zero-order valence-corrected chi connectivity index (χ0v) is 23.3. The summed E-state index contributed by atoms with van der Waals surface area (Å²) in [6, 6.07) is 12.6. The Balaban J connectivity index is 1.76. The van der Waals surface area contributed by atoms with Crippen molar-refractivity contribution < 1.29 is 36.6 Å². The number of aryl methyl sites for hydroxylation is 1. The van der Waals surface area contributed by atoms with Gasteiger partial charge in [-0.05, 0) is 68.3 Å². The highest BCUT2D eigenvalue weighted by Gasteiger charge is 2.37. The lowest BCUT2D eigenvalue weighted by molar-refractivity contribution is -0.384. The van der Waals surface area contributed by atoms with E-state index in [2.05, 4.69) is 11.9 Å². The summed E-state index contributed by atoms with van der Waals surface area (Å²) >= 11 is 0. The minimum atomic E-state index is -4.26. The molecular weight excluding hydrogens is 566 g/mol. The number of non-ortho nitro benzene ring substituents is 1. The normalized spacial score (nSPS) is 14.5. The summed E-state index contributed by atoms with van der Waals surface area (Å²) in [4.78, 5) is 49.5. The summed E-state index contributed by atoms with van der Waals surface area (Å²) in [5, 5.41) is 13.1. The topological polar surface area (TPSA) is 162 Å². The molecule has 4 rings (SSSR count). The number of carbonyl (C=O) groups excluding carboxylic acids is 3. The number of hydrogen-bond acceptors (Lipinski definition) is 9. The van der Waals surface area contributed by atoms with E-state index in [-0.39, 0.29) is 46.4 Å². The summed E-state index contributed by atoms with van der Waals surface area (Å²) < 4.78 is 37.4. The van der Waals surface area contributed by atoms with Crippen molar-refractivity contribution in [3.8, 4) is 11.5 Å². The molecule has 3 aromatic carbocycles. The summed E-state index contributed by atoms with van der Waals surface area (Å²) in [7, 11) is -4.26. The second-order valence-corrected chi connectivity index (χ2v) is 10.6. The molecule has 0 atom stereocenters. The van der Waals surface area contributed by atoms with E-state index < -0.39 is 38.5 Å². The first-order chi connectivity index (χ1) is 19.9. The Bertz CT molecular complexity index is 1730. The molecule has 1 N–H and O–H groups in total. The molecule has 0 aliphatic carbocycles. The average molecular weight is 592 g/mol. The second kappa shape index (κ2) is 12.1. The lowest BCUT2D eigenvalue weighted by Crippen LogP contribution is -2.54. The van der Waals surface area contributed by atoms with Crippen molar-refractivity contribution in [2.24, 2.45) is 0 Å². The number of urea groups is 1. The fourth-order valence-corrected chi connectivity index (χ4v) is 5.05. The van der Waals surface area contributed by atoms with Gasteiger partial charge in [0.2, 0.25) is 0 Å². The van der Waals surface area contributed by atoms with Crippen LogP contribution in [0.4, 0.5) is 16.2 Å². The first-order valence-electron chi connectivity index (χ1n) is 12.5. The Kier molecular flexibility index (Phi) is 8.52. The van der Waals surface area contributed by atoms with E-state index in [1.54, 1.807) is 19.1 Å². The largest absolute Gasteiger partial charge is 0.490 e. The quantitative estimate of drug-likeness (QED) is 0.0895. The van der Waals surface area contributed by atoms with Crippen LogP contribution in [0.15, 0.2) is 83.8 Å². The molecule has 0 radical (unpaired) electrons. The van der Waals surface area contributed by atoms with Crippen molar-refractivity contribution >= 4 is 45.4 Å². The van der Waals surface area contributed by atoms with Gasteiger partial charge in [-0.1, -0.05) is 23.8 Å². The van der Waals surface area contributed by atoms with Crippen LogP contribution in [-0.2, 0) is 26.1 Å². The number of allylic oxidation sites excluding steroid dienone is 1. The van der Waals surface area contributed by atoms with Crippen molar-refractivity contribution in [2.45, 2.75) is 25.2 Å². The number of anilines is 1. The molecular formula is C29H25N3O9S. The van der Waals surface area contributed by atoms with Crippen LogP contribution in [0, 0.1) is 17.0 Å². The molecule has 0 bridgehead atoms. The number of rotatable bonds is 10. The van der Waals surface area contributed by atoms with Gasteiger partial charge in [-0.2, -0.15) is 8.42 Å². The number of carbonyl (C=O) groups is 3. The molecule has 42 heavy (non-hydrogen) atoms. The molecule has 1 saturated heterocycles. The zero-order chi connectivity index (χ0) is 30.6. The molecule has 0 spiro atoms. The van der Waals surface area contributed by atoms with Gasteiger partial charge < -0.3 is 8.92 Å². The fraction of sp³-hybridized carbons (Fsp3) is 0.138. The first-order valence-corrected chi connectivity index (χ1v) is 13.9. The third-order valence-corrected chi connectivity index (χ3v) is 7.29. The van der Waals surface area contributed by atoms with E-state index >= 15 is 0 Å². The lowest BCUT2D eigenvalue weighted by atomic mass is 10.0. The maximum atomic E-state index is 13.3. The Labute approximate surface area is 241 Å². The number of nitrogens with zero attached hydrogens (tertiary/aromatic N) is 2. The Morgan fingerprint density at radius 1 is 1.05 bits per heavy atom. The molecule has 1 heterocycles. The van der Waals surface area contributed by atoms with Gasteiger partial charge in [0.25, 0.3) is 17.5 Å². The second-order valence-electron chi connectivity index (χ2n) is 9.01. The van der Waals surface area contributed by atoms with E-state index in [1.807, 2.05) is 6.92 Å². The number of hydrogen-bond donors (Lipinski definition) is 1. The highest BCUT2D eigenvalue weighted by Crippen LogP contribution is 2.37. The smallest absolute Gasteiger partial charge is 0.339 e. The summed E-state index contributed by atoms with van der Waals surface area (Å²) in [5.74, 6) is -1.98. The van der Waals surface area contributed by atoms with E-state index in [4.69, 9.17) is 8.92 Å². The van der Waals surface area contributed by atoms with Gasteiger partial charge in [0.1, 0.15) is 10.5 Å². The molecule has 0 unspecified atom stereocenters. The van der Waals surface area contributed by atoms with Gasteiger partial charge in [-0.3, -0.25) is 25.0 Å². The predicted molar refractivity (Wildman–Crippen MR) is 153 cm³/mol. The van der Waals surface area contributed by atoms with E-state index in [0.717, 1.165) is 17.7 Å². The van der Waals surface area contributed by atoms with Crippen molar-refractivity contribution in [2.75, 3.05) is 11.5 Å². The van der Waals surface area contributed by atoms with Crippen LogP contribution >= 0.6 is 0 Å². The standard InChI is InChI=1S/C29H25N3O9S/c1-4-6-20-15-19(17-25(40-5-2)26(20)41-42(38,39)23-13-7-18(3)8-14-23)16-24-27(33)30-29(35)31(28(24)34)21-9-11-22(12-10-21)32(36)37/h4,7-17H,1,5-6H2,2-3H3,(H,30,33,35)/b24-16+. The molecule has 3 aromatic rings. The number of nitro benzene ring substituents is 1. The minimum absolute atomic E-state index is 0.00825. The van der Waals surface area contributed by atoms with Crippen LogP contribution in [-0.4, -0.2) is 37.8 Å². The van der Waals surface area contributed by atoms with Gasteiger partial charge in [-0.25, -0.2) is 9.69 Å². The molecule has 1 aliphatic heterocycles. The number of ether oxygens (including phenoxy) is 1. The summed E-state index contributed by atoms with van der Waals surface area (Å²) in [5.41, 5.74) is 0.816. The molecule has 1 fully saturated rings. The lowest BCUT2D eigenvalue weighted by Gasteiger charge is -2.26. The zero-order valence-electron chi connectivity index (χ0n) is 22.5. The number of nitro groups is 1. The van der Waals surface area contributed by atoms with Crippen molar-refractivity contribution in [1.29, 1.82) is 0 Å². The van der Waals surface area contributed by atoms with Crippen LogP contribution in [0.3, 0.4) is 0 Å². The molecule has 12 nitrogen and oxygen atoms in total. The van der Waals surface area contributed by atoms with Crippen molar-refractivity contribution in [3.05, 3.63) is 106 Å². The third kappa shape index (κ3) is 6.20. The minimum Gasteiger partial charge on any atom is -0.490 e. The molecule has 1 aliphatic rings. The predicted octanol–water partition coefficient (Wildman–Crippen LogP) is 4.46. The van der Waals surface area contributed by atoms with Gasteiger partial charge >= 0.3 is 16.1 Å². The molecule has 0 saturated carbocycles. The van der Waals surface area contributed by atoms with Crippen LogP contribution in [0.25, 0.3) is 6.08 Å². The summed E-state index contributed by atoms with van der Waals surface area (Å²) in [6.45, 7) is 7.35. The number of benzene rings is 3. The number of amides is 4. The van der Waals surface area contributed by atoms with Gasteiger partial charge in [-0.15, -0.1) is 6.58 Å². The van der Waals surface area contributed by atoms with Gasteiger partial charge in [0.05, 0.1) is 17.2 Å². The Morgan fingerprint density at radius 3 is 2.31 bits per heavy atom. The Hall–Kier alpha value is -5.30. The van der Waals surface area contributed by atoms with Crippen LogP contribution in [0.2, 0.25) is 0 Å². The summed E-state index contributed by atoms with van der Waals surface area (Å²) in [6.07, 6.45) is 2.88. The number of nitrogens with one attached hydrogen (secondary N) is 1. The van der Waals surface area contributed by atoms with E-state index in [0.29, 0.717) is 10.5 Å². The first kappa shape index (κ1) is 29.7. The highest BCUT2D eigenvalue weighted by molar-refractivity contribution is 7.87. The van der Waals surface area contributed by atoms with Crippen LogP contribution in [0.1, 0.15) is 23.6 Å². The van der Waals surface area contributed by atoms with E-state index in [9.17, 15) is 32.9 Å². The number of barbiturate groups is 1. The van der Waals surface area contributed by atoms with Crippen molar-refractivity contribution in [3.63, 3.8) is 0 Å². The fourth-order valence-electron chi connectivity index (χ4n) is 4.08. The third-order valence-electron chi connectivity index (χ3n) is 6.05.